The maximum Gasteiger partial charge on any atom is 0.132 e. The van der Waals surface area contributed by atoms with Crippen LogP contribution in [-0.2, 0) is 16.6 Å². The van der Waals surface area contributed by atoms with Gasteiger partial charge in [0.1, 0.15) is 5.78 Å². The minimum Gasteiger partial charge on any atom is -0.300 e. The molecule has 2 unspecified atom stereocenters. The first-order valence-corrected chi connectivity index (χ1v) is 7.28. The molecular weight excluding hydrogens is 232 g/mol. The van der Waals surface area contributed by atoms with E-state index in [1.165, 1.54) is 11.1 Å². The standard InChI is InChI=1S/C18H26O/c1-12(13(2)19)16-11-14-9-7-8-10-15(14)17(3,4)18(16,5)6/h7-10,12,16H,11H2,1-6H3. The number of fused-ring (bicyclic) bond motifs is 1. The second kappa shape index (κ2) is 4.47. The first-order valence-electron chi connectivity index (χ1n) is 7.28. The van der Waals surface area contributed by atoms with Gasteiger partial charge in [-0.2, -0.15) is 0 Å². The molecule has 1 aliphatic carbocycles. The maximum atomic E-state index is 11.9. The second-order valence-electron chi connectivity index (χ2n) is 7.21. The molecule has 1 aromatic rings. The summed E-state index contributed by atoms with van der Waals surface area (Å²) in [5, 5.41) is 0. The molecule has 1 nitrogen and oxygen atoms in total. The van der Waals surface area contributed by atoms with Crippen LogP contribution in [0, 0.1) is 17.3 Å². The lowest BCUT2D eigenvalue weighted by Gasteiger charge is -2.53. The predicted molar refractivity (Wildman–Crippen MR) is 80.3 cm³/mol. The van der Waals surface area contributed by atoms with Gasteiger partial charge in [0.25, 0.3) is 0 Å². The zero-order valence-corrected chi connectivity index (χ0v) is 13.1. The fraction of sp³-hybridized carbons (Fsp3) is 0.611. The van der Waals surface area contributed by atoms with Crippen LogP contribution < -0.4 is 0 Å². The molecule has 0 N–H and O–H groups in total. The highest BCUT2D eigenvalue weighted by Gasteiger charge is 2.50. The third kappa shape index (κ3) is 2.04. The molecule has 2 atom stereocenters. The van der Waals surface area contributed by atoms with Gasteiger partial charge in [-0.15, -0.1) is 0 Å². The zero-order chi connectivity index (χ0) is 14.4. The topological polar surface area (TPSA) is 17.1 Å². The monoisotopic (exact) mass is 258 g/mol. The summed E-state index contributed by atoms with van der Waals surface area (Å²) in [4.78, 5) is 11.9. The average Bonchev–Trinajstić information content (AvgIpc) is 2.33. The second-order valence-corrected chi connectivity index (χ2v) is 7.21. The van der Waals surface area contributed by atoms with Crippen molar-refractivity contribution in [2.45, 2.75) is 53.4 Å². The molecule has 0 saturated carbocycles. The molecule has 0 spiro atoms. The van der Waals surface area contributed by atoms with Gasteiger partial charge in [-0.3, -0.25) is 4.79 Å². The van der Waals surface area contributed by atoms with Crippen LogP contribution in [0.4, 0.5) is 0 Å². The molecule has 0 aromatic heterocycles. The molecule has 2 rings (SSSR count). The number of hydrogen-bond acceptors (Lipinski definition) is 1. The van der Waals surface area contributed by atoms with Crippen LogP contribution in [0.3, 0.4) is 0 Å². The Morgan fingerprint density at radius 3 is 2.37 bits per heavy atom. The van der Waals surface area contributed by atoms with Crippen molar-refractivity contribution in [1.82, 2.24) is 0 Å². The summed E-state index contributed by atoms with van der Waals surface area (Å²) in [6, 6.07) is 8.73. The van der Waals surface area contributed by atoms with E-state index in [0.29, 0.717) is 11.7 Å². The number of carbonyl (C=O) groups is 1. The SMILES string of the molecule is CC(=O)C(C)C1Cc2ccccc2C(C)(C)C1(C)C. The number of hydrogen-bond donors (Lipinski definition) is 0. The van der Waals surface area contributed by atoms with E-state index >= 15 is 0 Å². The fourth-order valence-corrected chi connectivity index (χ4v) is 3.70. The van der Waals surface area contributed by atoms with Gasteiger partial charge in [-0.05, 0) is 41.2 Å². The highest BCUT2D eigenvalue weighted by molar-refractivity contribution is 5.78. The highest BCUT2D eigenvalue weighted by Crippen LogP contribution is 2.54. The summed E-state index contributed by atoms with van der Waals surface area (Å²) < 4.78 is 0. The van der Waals surface area contributed by atoms with Crippen molar-refractivity contribution in [3.05, 3.63) is 35.4 Å². The number of benzene rings is 1. The lowest BCUT2D eigenvalue weighted by atomic mass is 9.50. The summed E-state index contributed by atoms with van der Waals surface area (Å²) in [5.74, 6) is 0.853. The molecule has 0 amide bonds. The van der Waals surface area contributed by atoms with Crippen LogP contribution >= 0.6 is 0 Å². The first kappa shape index (κ1) is 14.3. The van der Waals surface area contributed by atoms with Crippen molar-refractivity contribution >= 4 is 5.78 Å². The lowest BCUT2D eigenvalue weighted by Crippen LogP contribution is -2.50. The Labute approximate surface area is 117 Å². The molecule has 0 heterocycles. The summed E-state index contributed by atoms with van der Waals surface area (Å²) in [7, 11) is 0. The van der Waals surface area contributed by atoms with E-state index in [4.69, 9.17) is 0 Å². The Morgan fingerprint density at radius 2 is 1.79 bits per heavy atom. The zero-order valence-electron chi connectivity index (χ0n) is 13.1. The van der Waals surface area contributed by atoms with Crippen LogP contribution in [0.2, 0.25) is 0 Å². The van der Waals surface area contributed by atoms with Crippen LogP contribution in [-0.4, -0.2) is 5.78 Å². The van der Waals surface area contributed by atoms with Crippen molar-refractivity contribution in [2.75, 3.05) is 0 Å². The van der Waals surface area contributed by atoms with Gasteiger partial charge in [-0.1, -0.05) is 58.9 Å². The normalized spacial score (nSPS) is 25.5. The van der Waals surface area contributed by atoms with Gasteiger partial charge in [0.05, 0.1) is 0 Å². The predicted octanol–water partition coefficient (Wildman–Crippen LogP) is 4.39. The van der Waals surface area contributed by atoms with Crippen LogP contribution in [0.5, 0.6) is 0 Å². The minimum atomic E-state index is 0.0935. The maximum absolute atomic E-state index is 11.9. The van der Waals surface area contributed by atoms with Crippen LogP contribution in [0.15, 0.2) is 24.3 Å². The first-order chi connectivity index (χ1) is 8.69. The third-order valence-corrected chi connectivity index (χ3v) is 5.91. The molecule has 0 fully saturated rings. The van der Waals surface area contributed by atoms with Gasteiger partial charge in [0.15, 0.2) is 0 Å². The molecule has 1 aliphatic rings. The van der Waals surface area contributed by atoms with Gasteiger partial charge in [-0.25, -0.2) is 0 Å². The summed E-state index contributed by atoms with van der Waals surface area (Å²) >= 11 is 0. The van der Waals surface area contributed by atoms with E-state index < -0.39 is 0 Å². The Balaban J connectivity index is 2.55. The number of rotatable bonds is 2. The molecule has 0 aliphatic heterocycles. The molecule has 19 heavy (non-hydrogen) atoms. The van der Waals surface area contributed by atoms with E-state index in [1.54, 1.807) is 6.92 Å². The summed E-state index contributed by atoms with van der Waals surface area (Å²) in [6.07, 6.45) is 1.02. The number of Topliss-reactive ketones (excluding diaryl/α,β-unsaturated/α-hetero) is 1. The quantitative estimate of drug-likeness (QED) is 0.769. The molecule has 0 saturated heterocycles. The van der Waals surface area contributed by atoms with Crippen molar-refractivity contribution in [1.29, 1.82) is 0 Å². The minimum absolute atomic E-state index is 0.0935. The number of carbonyl (C=O) groups excluding carboxylic acids is 1. The van der Waals surface area contributed by atoms with E-state index in [2.05, 4.69) is 58.9 Å². The molecule has 0 bridgehead atoms. The van der Waals surface area contributed by atoms with Crippen molar-refractivity contribution in [3.8, 4) is 0 Å². The van der Waals surface area contributed by atoms with Crippen molar-refractivity contribution < 1.29 is 4.79 Å². The highest BCUT2D eigenvalue weighted by atomic mass is 16.1. The lowest BCUT2D eigenvalue weighted by molar-refractivity contribution is -0.124. The van der Waals surface area contributed by atoms with Crippen LogP contribution in [0.1, 0.15) is 52.7 Å². The van der Waals surface area contributed by atoms with Gasteiger partial charge < -0.3 is 0 Å². The molecule has 1 heteroatoms. The van der Waals surface area contributed by atoms with E-state index in [0.717, 1.165) is 6.42 Å². The van der Waals surface area contributed by atoms with E-state index in [-0.39, 0.29) is 16.7 Å². The molecule has 1 aromatic carbocycles. The van der Waals surface area contributed by atoms with Crippen molar-refractivity contribution in [2.24, 2.45) is 17.3 Å². The molecule has 0 radical (unpaired) electrons. The Kier molecular flexibility index (Phi) is 3.36. The molecular formula is C18H26O. The third-order valence-electron chi connectivity index (χ3n) is 5.91. The van der Waals surface area contributed by atoms with E-state index in [1.807, 2.05) is 0 Å². The smallest absolute Gasteiger partial charge is 0.132 e. The molecule has 104 valence electrons. The van der Waals surface area contributed by atoms with Gasteiger partial charge >= 0.3 is 0 Å². The van der Waals surface area contributed by atoms with Crippen molar-refractivity contribution in [3.63, 3.8) is 0 Å². The van der Waals surface area contributed by atoms with Gasteiger partial charge in [0, 0.05) is 5.92 Å². The fourth-order valence-electron chi connectivity index (χ4n) is 3.70. The van der Waals surface area contributed by atoms with Gasteiger partial charge in [0.2, 0.25) is 0 Å². The van der Waals surface area contributed by atoms with Crippen LogP contribution in [0.25, 0.3) is 0 Å². The largest absolute Gasteiger partial charge is 0.300 e. The number of ketones is 1. The Bertz CT molecular complexity index is 496. The Hall–Kier alpha value is -1.11. The summed E-state index contributed by atoms with van der Waals surface area (Å²) in [5.41, 5.74) is 3.08. The average molecular weight is 258 g/mol. The van der Waals surface area contributed by atoms with E-state index in [9.17, 15) is 4.79 Å². The Morgan fingerprint density at radius 1 is 1.21 bits per heavy atom. The summed E-state index contributed by atoms with van der Waals surface area (Å²) in [6.45, 7) is 13.1.